The molecule has 0 N–H and O–H groups in total. The van der Waals surface area contributed by atoms with Gasteiger partial charge in [0.05, 0.1) is 36.6 Å². The Labute approximate surface area is 121 Å². The molecule has 4 heteroatoms. The molecule has 2 saturated carbocycles. The van der Waals surface area contributed by atoms with Crippen LogP contribution in [0.5, 0.6) is 0 Å². The molecule has 114 valence electrons. The summed E-state index contributed by atoms with van der Waals surface area (Å²) < 4.78 is 22.9. The second-order valence-corrected chi connectivity index (χ2v) is 6.74. The van der Waals surface area contributed by atoms with Crippen LogP contribution in [0.1, 0.15) is 51.4 Å². The van der Waals surface area contributed by atoms with E-state index in [-0.39, 0.29) is 0 Å². The summed E-state index contributed by atoms with van der Waals surface area (Å²) in [5, 5.41) is 0. The second kappa shape index (κ2) is 5.91. The summed E-state index contributed by atoms with van der Waals surface area (Å²) in [7, 11) is 0. The molecule has 2 heterocycles. The fraction of sp³-hybridized carbons (Fsp3) is 1.00. The van der Waals surface area contributed by atoms with Gasteiger partial charge in [-0.05, 0) is 38.5 Å². The van der Waals surface area contributed by atoms with Gasteiger partial charge in [-0.15, -0.1) is 0 Å². The molecule has 20 heavy (non-hydrogen) atoms. The van der Waals surface area contributed by atoms with Gasteiger partial charge in [0.1, 0.15) is 0 Å². The average Bonchev–Trinajstić information content (AvgIpc) is 3.35. The lowest BCUT2D eigenvalue weighted by Gasteiger charge is -2.20. The standard InChI is InChI=1S/C16H26O4/c1(7-17-11-3-5-13-15(9-11)19-13)2-8-18-12-4-6-14-16(10-12)20-14/h11-16H,1-10H2. The molecular formula is C16H26O4. The minimum absolute atomic E-state index is 0.446. The van der Waals surface area contributed by atoms with Gasteiger partial charge in [0.2, 0.25) is 0 Å². The van der Waals surface area contributed by atoms with Crippen LogP contribution in [0.3, 0.4) is 0 Å². The fourth-order valence-electron chi connectivity index (χ4n) is 3.74. The molecular weight excluding hydrogens is 256 g/mol. The van der Waals surface area contributed by atoms with Crippen LogP contribution in [0, 0.1) is 0 Å². The zero-order valence-electron chi connectivity index (χ0n) is 12.2. The molecule has 0 aromatic carbocycles. The third-order valence-electron chi connectivity index (χ3n) is 5.16. The largest absolute Gasteiger partial charge is 0.378 e. The van der Waals surface area contributed by atoms with Crippen molar-refractivity contribution in [3.63, 3.8) is 0 Å². The summed E-state index contributed by atoms with van der Waals surface area (Å²) >= 11 is 0. The summed E-state index contributed by atoms with van der Waals surface area (Å²) in [5.41, 5.74) is 0. The van der Waals surface area contributed by atoms with Crippen LogP contribution in [-0.2, 0) is 18.9 Å². The first kappa shape index (κ1) is 13.5. The Morgan fingerprint density at radius 2 is 1.15 bits per heavy atom. The molecule has 0 radical (unpaired) electrons. The highest BCUT2D eigenvalue weighted by molar-refractivity contribution is 4.93. The highest BCUT2D eigenvalue weighted by Crippen LogP contribution is 2.38. The van der Waals surface area contributed by atoms with Crippen LogP contribution in [0.2, 0.25) is 0 Å². The molecule has 0 bridgehead atoms. The minimum atomic E-state index is 0.446. The van der Waals surface area contributed by atoms with Gasteiger partial charge in [-0.2, -0.15) is 0 Å². The molecule has 6 atom stereocenters. The first-order chi connectivity index (χ1) is 9.88. The molecule has 4 fully saturated rings. The molecule has 0 amide bonds. The van der Waals surface area contributed by atoms with Crippen molar-refractivity contribution in [3.05, 3.63) is 0 Å². The van der Waals surface area contributed by atoms with E-state index in [0.29, 0.717) is 36.6 Å². The molecule has 0 aromatic heterocycles. The van der Waals surface area contributed by atoms with E-state index in [2.05, 4.69) is 0 Å². The van der Waals surface area contributed by atoms with Gasteiger partial charge in [-0.1, -0.05) is 0 Å². The van der Waals surface area contributed by atoms with Crippen molar-refractivity contribution in [2.75, 3.05) is 13.2 Å². The summed E-state index contributed by atoms with van der Waals surface area (Å²) in [4.78, 5) is 0. The second-order valence-electron chi connectivity index (χ2n) is 6.74. The van der Waals surface area contributed by atoms with Crippen LogP contribution >= 0.6 is 0 Å². The maximum Gasteiger partial charge on any atom is 0.0866 e. The van der Waals surface area contributed by atoms with E-state index in [0.717, 1.165) is 38.9 Å². The van der Waals surface area contributed by atoms with E-state index in [1.54, 1.807) is 0 Å². The third kappa shape index (κ3) is 3.35. The quantitative estimate of drug-likeness (QED) is 0.531. The smallest absolute Gasteiger partial charge is 0.0866 e. The van der Waals surface area contributed by atoms with Crippen molar-refractivity contribution < 1.29 is 18.9 Å². The van der Waals surface area contributed by atoms with Gasteiger partial charge in [0.15, 0.2) is 0 Å². The first-order valence-electron chi connectivity index (χ1n) is 8.42. The van der Waals surface area contributed by atoms with E-state index in [9.17, 15) is 0 Å². The van der Waals surface area contributed by atoms with Crippen molar-refractivity contribution >= 4 is 0 Å². The average molecular weight is 282 g/mol. The number of rotatable bonds is 7. The molecule has 2 aliphatic carbocycles. The van der Waals surface area contributed by atoms with Gasteiger partial charge in [0.25, 0.3) is 0 Å². The van der Waals surface area contributed by atoms with Gasteiger partial charge in [0, 0.05) is 26.1 Å². The van der Waals surface area contributed by atoms with Gasteiger partial charge in [-0.25, -0.2) is 0 Å². The predicted molar refractivity (Wildman–Crippen MR) is 73.7 cm³/mol. The van der Waals surface area contributed by atoms with E-state index >= 15 is 0 Å². The molecule has 4 aliphatic rings. The molecule has 2 saturated heterocycles. The summed E-state index contributed by atoms with van der Waals surface area (Å²) in [6, 6.07) is 0. The number of unbranched alkanes of at least 4 members (excludes halogenated alkanes) is 1. The van der Waals surface area contributed by atoms with Crippen molar-refractivity contribution in [1.29, 1.82) is 0 Å². The first-order valence-corrected chi connectivity index (χ1v) is 8.42. The Bertz CT molecular complexity index is 302. The lowest BCUT2D eigenvalue weighted by Crippen LogP contribution is -2.23. The van der Waals surface area contributed by atoms with Crippen molar-refractivity contribution in [1.82, 2.24) is 0 Å². The summed E-state index contributed by atoms with van der Waals surface area (Å²) in [6.07, 6.45) is 12.3. The van der Waals surface area contributed by atoms with Crippen LogP contribution in [0.25, 0.3) is 0 Å². The Kier molecular flexibility index (Phi) is 3.99. The Morgan fingerprint density at radius 3 is 1.60 bits per heavy atom. The Balaban J connectivity index is 1.01. The number of hydrogen-bond acceptors (Lipinski definition) is 4. The molecule has 4 rings (SSSR count). The van der Waals surface area contributed by atoms with Crippen molar-refractivity contribution in [2.24, 2.45) is 0 Å². The Hall–Kier alpha value is -0.160. The molecule has 2 aliphatic heterocycles. The minimum Gasteiger partial charge on any atom is -0.378 e. The van der Waals surface area contributed by atoms with E-state index in [4.69, 9.17) is 18.9 Å². The molecule has 0 spiro atoms. The number of epoxide rings is 2. The SMILES string of the molecule is C(CCOC1CCC2OC2C1)COC1CCC2OC2C1. The topological polar surface area (TPSA) is 43.5 Å². The van der Waals surface area contributed by atoms with Gasteiger partial charge < -0.3 is 18.9 Å². The highest BCUT2D eigenvalue weighted by Gasteiger charge is 2.44. The third-order valence-corrected chi connectivity index (χ3v) is 5.16. The number of ether oxygens (including phenoxy) is 4. The van der Waals surface area contributed by atoms with Gasteiger partial charge in [-0.3, -0.25) is 0 Å². The summed E-state index contributed by atoms with van der Waals surface area (Å²) in [5.74, 6) is 0. The maximum absolute atomic E-state index is 5.94. The lowest BCUT2D eigenvalue weighted by atomic mass is 9.98. The maximum atomic E-state index is 5.94. The monoisotopic (exact) mass is 282 g/mol. The molecule has 0 aromatic rings. The van der Waals surface area contributed by atoms with Crippen molar-refractivity contribution in [2.45, 2.75) is 88.0 Å². The fourth-order valence-corrected chi connectivity index (χ4v) is 3.74. The van der Waals surface area contributed by atoms with Gasteiger partial charge >= 0.3 is 0 Å². The zero-order chi connectivity index (χ0) is 13.4. The highest BCUT2D eigenvalue weighted by atomic mass is 16.6. The zero-order valence-corrected chi connectivity index (χ0v) is 12.2. The van der Waals surface area contributed by atoms with E-state index < -0.39 is 0 Å². The van der Waals surface area contributed by atoms with Crippen LogP contribution in [0.4, 0.5) is 0 Å². The van der Waals surface area contributed by atoms with Crippen LogP contribution < -0.4 is 0 Å². The normalized spacial score (nSPS) is 45.6. The predicted octanol–water partition coefficient (Wildman–Crippen LogP) is 2.44. The van der Waals surface area contributed by atoms with E-state index in [1.165, 1.54) is 25.7 Å². The Morgan fingerprint density at radius 1 is 0.650 bits per heavy atom. The van der Waals surface area contributed by atoms with Crippen LogP contribution in [0.15, 0.2) is 0 Å². The molecule has 4 nitrogen and oxygen atoms in total. The summed E-state index contributed by atoms with van der Waals surface area (Å²) in [6.45, 7) is 1.76. The molecule has 6 unspecified atom stereocenters. The van der Waals surface area contributed by atoms with E-state index in [1.807, 2.05) is 0 Å². The number of fused-ring (bicyclic) bond motifs is 2. The van der Waals surface area contributed by atoms with Crippen molar-refractivity contribution in [3.8, 4) is 0 Å². The number of hydrogen-bond donors (Lipinski definition) is 0. The van der Waals surface area contributed by atoms with Crippen LogP contribution in [-0.4, -0.2) is 49.8 Å². The lowest BCUT2D eigenvalue weighted by molar-refractivity contribution is 0.0116.